The van der Waals surface area contributed by atoms with Crippen LogP contribution in [0.25, 0.3) is 0 Å². The van der Waals surface area contributed by atoms with Gasteiger partial charge in [-0.25, -0.2) is 0 Å². The first-order valence-corrected chi connectivity index (χ1v) is 10.2. The van der Waals surface area contributed by atoms with E-state index in [9.17, 15) is 14.4 Å². The van der Waals surface area contributed by atoms with E-state index >= 15 is 0 Å². The number of carbonyl (C=O) groups excluding carboxylic acids is 2. The zero-order valence-corrected chi connectivity index (χ0v) is 17.2. The molecule has 1 aromatic heterocycles. The lowest BCUT2D eigenvalue weighted by Crippen LogP contribution is -2.33. The van der Waals surface area contributed by atoms with Crippen molar-refractivity contribution in [2.24, 2.45) is 12.8 Å². The van der Waals surface area contributed by atoms with E-state index in [1.807, 2.05) is 13.2 Å². The molecule has 10 heteroatoms. The number of aromatic nitrogens is 2. The van der Waals surface area contributed by atoms with Crippen LogP contribution in [-0.4, -0.2) is 40.8 Å². The number of nitrogens with one attached hydrogen (secondary N) is 1. The summed E-state index contributed by atoms with van der Waals surface area (Å²) in [5.41, 5.74) is 5.91. The molecule has 0 aliphatic carbocycles. The molecule has 0 saturated carbocycles. The monoisotopic (exact) mass is 418 g/mol. The van der Waals surface area contributed by atoms with Crippen molar-refractivity contribution in [3.63, 3.8) is 0 Å². The molecule has 0 saturated heterocycles. The summed E-state index contributed by atoms with van der Waals surface area (Å²) in [4.78, 5) is 40.3. The van der Waals surface area contributed by atoms with E-state index in [2.05, 4.69) is 10.3 Å². The molecule has 1 aromatic carbocycles. The van der Waals surface area contributed by atoms with E-state index < -0.39 is 11.8 Å². The summed E-state index contributed by atoms with van der Waals surface area (Å²) in [6.07, 6.45) is 1.92. The molecular formula is C19H22N4O5S. The zero-order chi connectivity index (χ0) is 21.1. The number of primary amides is 1. The van der Waals surface area contributed by atoms with Gasteiger partial charge in [0.1, 0.15) is 5.82 Å². The molecule has 3 N–H and O–H groups in total. The van der Waals surface area contributed by atoms with Gasteiger partial charge in [0.15, 0.2) is 23.3 Å². The van der Waals surface area contributed by atoms with Gasteiger partial charge in [-0.05, 0) is 30.9 Å². The van der Waals surface area contributed by atoms with Crippen molar-refractivity contribution in [3.05, 3.63) is 39.7 Å². The fourth-order valence-electron chi connectivity index (χ4n) is 3.28. The molecule has 2 amide bonds. The van der Waals surface area contributed by atoms with Crippen LogP contribution in [0.15, 0.2) is 28.2 Å². The first-order chi connectivity index (χ1) is 13.8. The highest BCUT2D eigenvalue weighted by molar-refractivity contribution is 7.98. The molecule has 29 heavy (non-hydrogen) atoms. The summed E-state index contributed by atoms with van der Waals surface area (Å²) < 4.78 is 12.7. The van der Waals surface area contributed by atoms with Crippen molar-refractivity contribution in [1.29, 1.82) is 0 Å². The minimum absolute atomic E-state index is 0.107. The Hall–Kier alpha value is -3.01. The first-order valence-electron chi connectivity index (χ1n) is 8.98. The van der Waals surface area contributed by atoms with Gasteiger partial charge in [-0.2, -0.15) is 4.98 Å². The number of carbonyl (C=O) groups is 2. The van der Waals surface area contributed by atoms with E-state index in [4.69, 9.17) is 15.2 Å². The molecule has 3 rings (SSSR count). The van der Waals surface area contributed by atoms with Gasteiger partial charge in [0.25, 0.3) is 11.5 Å². The molecule has 1 aliphatic rings. The third kappa shape index (κ3) is 4.21. The molecule has 2 aromatic rings. The molecule has 0 fully saturated rings. The molecule has 1 aliphatic heterocycles. The highest BCUT2D eigenvalue weighted by Gasteiger charge is 2.32. The van der Waals surface area contributed by atoms with Crippen molar-refractivity contribution in [2.75, 3.05) is 24.8 Å². The fraction of sp³-hybridized carbons (Fsp3) is 0.368. The zero-order valence-electron chi connectivity index (χ0n) is 16.4. The number of nitrogens with zero attached hydrogens (tertiary/aromatic N) is 2. The number of fused-ring (bicyclic) bond motifs is 1. The second-order valence-electron chi connectivity index (χ2n) is 6.42. The fourth-order valence-corrected chi connectivity index (χ4v) is 3.82. The Balaban J connectivity index is 2.09. The van der Waals surface area contributed by atoms with Crippen LogP contribution in [0.5, 0.6) is 11.5 Å². The van der Waals surface area contributed by atoms with Crippen LogP contribution in [0.4, 0.5) is 5.82 Å². The Morgan fingerprint density at radius 2 is 2.10 bits per heavy atom. The summed E-state index contributed by atoms with van der Waals surface area (Å²) in [6.45, 7) is 1.91. The lowest BCUT2D eigenvalue weighted by Gasteiger charge is -2.27. The lowest BCUT2D eigenvalue weighted by molar-refractivity contribution is -0.120. The van der Waals surface area contributed by atoms with Gasteiger partial charge in [0, 0.05) is 19.4 Å². The third-order valence-electron chi connectivity index (χ3n) is 4.52. The van der Waals surface area contributed by atoms with Crippen LogP contribution in [0.3, 0.4) is 0 Å². The van der Waals surface area contributed by atoms with Crippen LogP contribution >= 0.6 is 11.8 Å². The Morgan fingerprint density at radius 1 is 1.34 bits per heavy atom. The van der Waals surface area contributed by atoms with Gasteiger partial charge in [-0.15, -0.1) is 0 Å². The van der Waals surface area contributed by atoms with Crippen molar-refractivity contribution in [3.8, 4) is 11.5 Å². The van der Waals surface area contributed by atoms with Crippen molar-refractivity contribution in [2.45, 2.75) is 24.4 Å². The van der Waals surface area contributed by atoms with Crippen molar-refractivity contribution < 1.29 is 19.1 Å². The number of amides is 2. The summed E-state index contributed by atoms with van der Waals surface area (Å²) >= 11 is 1.33. The van der Waals surface area contributed by atoms with Crippen LogP contribution in [0, 0.1) is 0 Å². The van der Waals surface area contributed by atoms with Crippen LogP contribution in [-0.2, 0) is 16.6 Å². The molecule has 9 nitrogen and oxygen atoms in total. The van der Waals surface area contributed by atoms with E-state index in [-0.39, 0.29) is 24.5 Å². The quantitative estimate of drug-likeness (QED) is 0.512. The average Bonchev–Trinajstić information content (AvgIpc) is 2.69. The molecular weight excluding hydrogens is 396 g/mol. The topological polar surface area (TPSA) is 126 Å². The Morgan fingerprint density at radius 3 is 2.76 bits per heavy atom. The number of ether oxygens (including phenoxy) is 2. The van der Waals surface area contributed by atoms with E-state index in [0.29, 0.717) is 40.2 Å². The maximum atomic E-state index is 12.7. The summed E-state index contributed by atoms with van der Waals surface area (Å²) in [5.74, 6) is -0.0628. The molecule has 1 atom stereocenters. The van der Waals surface area contributed by atoms with Gasteiger partial charge in [0.05, 0.1) is 12.2 Å². The van der Waals surface area contributed by atoms with Gasteiger partial charge < -0.3 is 25.1 Å². The molecule has 0 spiro atoms. The SMILES string of the molecule is CCOc1cc(C2CC(=O)Nc3c2c(=O)nc(SC)n3C)ccc1OCC(N)=O. The number of nitrogens with two attached hydrogens (primary N) is 1. The standard InChI is InChI=1S/C19H22N4O5S/c1-4-27-13-7-10(5-6-12(13)28-9-14(20)24)11-8-15(25)21-17-16(11)18(26)22-19(29-3)23(17)2/h5-7,11H,4,8-9H2,1-3H3,(H2,20,24)(H,21,25). The summed E-state index contributed by atoms with van der Waals surface area (Å²) in [6, 6.07) is 5.10. The molecule has 2 heterocycles. The van der Waals surface area contributed by atoms with Crippen LogP contribution in [0.1, 0.15) is 30.4 Å². The third-order valence-corrected chi connectivity index (χ3v) is 5.25. The predicted molar refractivity (Wildman–Crippen MR) is 109 cm³/mol. The second kappa shape index (κ2) is 8.56. The number of anilines is 1. The molecule has 1 unspecified atom stereocenters. The largest absolute Gasteiger partial charge is 0.490 e. The van der Waals surface area contributed by atoms with Crippen molar-refractivity contribution in [1.82, 2.24) is 9.55 Å². The highest BCUT2D eigenvalue weighted by atomic mass is 32.2. The molecule has 0 bridgehead atoms. The summed E-state index contributed by atoms with van der Waals surface area (Å²) in [5, 5.41) is 3.30. The Bertz CT molecular complexity index is 1020. The number of benzene rings is 1. The first kappa shape index (κ1) is 20.7. The maximum absolute atomic E-state index is 12.7. The van der Waals surface area contributed by atoms with E-state index in [1.54, 1.807) is 29.8 Å². The minimum atomic E-state index is -0.603. The number of hydrogen-bond donors (Lipinski definition) is 2. The van der Waals surface area contributed by atoms with E-state index in [0.717, 1.165) is 0 Å². The average molecular weight is 418 g/mol. The molecule has 0 radical (unpaired) electrons. The van der Waals surface area contributed by atoms with Gasteiger partial charge >= 0.3 is 0 Å². The van der Waals surface area contributed by atoms with Gasteiger partial charge in [-0.1, -0.05) is 17.8 Å². The Kier molecular flexibility index (Phi) is 6.12. The summed E-state index contributed by atoms with van der Waals surface area (Å²) in [7, 11) is 1.76. The van der Waals surface area contributed by atoms with Crippen LogP contribution < -0.4 is 26.1 Å². The lowest BCUT2D eigenvalue weighted by atomic mass is 9.86. The molecule has 154 valence electrons. The van der Waals surface area contributed by atoms with Crippen LogP contribution in [0.2, 0.25) is 0 Å². The Labute approximate surface area is 171 Å². The van der Waals surface area contributed by atoms with Gasteiger partial charge in [0.2, 0.25) is 5.91 Å². The highest BCUT2D eigenvalue weighted by Crippen LogP contribution is 2.39. The number of rotatable bonds is 7. The predicted octanol–water partition coefficient (Wildman–Crippen LogP) is 1.24. The number of thioether (sulfide) groups is 1. The number of hydrogen-bond acceptors (Lipinski definition) is 7. The minimum Gasteiger partial charge on any atom is -0.490 e. The smallest absolute Gasteiger partial charge is 0.279 e. The van der Waals surface area contributed by atoms with Crippen molar-refractivity contribution >= 4 is 29.4 Å². The maximum Gasteiger partial charge on any atom is 0.279 e. The van der Waals surface area contributed by atoms with E-state index in [1.165, 1.54) is 11.8 Å². The normalized spacial score (nSPS) is 15.4. The van der Waals surface area contributed by atoms with Gasteiger partial charge in [-0.3, -0.25) is 14.4 Å². The second-order valence-corrected chi connectivity index (χ2v) is 7.20.